The van der Waals surface area contributed by atoms with Crippen molar-refractivity contribution in [1.29, 1.82) is 0 Å². The van der Waals surface area contributed by atoms with E-state index < -0.39 is 0 Å². The second-order valence-corrected chi connectivity index (χ2v) is 3.43. The van der Waals surface area contributed by atoms with Gasteiger partial charge in [-0.25, -0.2) is 0 Å². The number of hydrogen-bond acceptors (Lipinski definition) is 4. The van der Waals surface area contributed by atoms with Crippen LogP contribution in [-0.4, -0.2) is 5.78 Å². The second kappa shape index (κ2) is 3.47. The van der Waals surface area contributed by atoms with Gasteiger partial charge in [0.15, 0.2) is 16.7 Å². The molecule has 0 spiro atoms. The van der Waals surface area contributed by atoms with E-state index in [2.05, 4.69) is 0 Å². The Morgan fingerprint density at radius 2 is 2.07 bits per heavy atom. The van der Waals surface area contributed by atoms with Gasteiger partial charge in [-0.1, -0.05) is 0 Å². The van der Waals surface area contributed by atoms with Crippen LogP contribution in [0.4, 0.5) is 5.69 Å². The van der Waals surface area contributed by atoms with E-state index in [9.17, 15) is 4.79 Å². The molecule has 78 valence electrons. The molecule has 0 amide bonds. The van der Waals surface area contributed by atoms with Crippen LogP contribution in [0.5, 0.6) is 0 Å². The summed E-state index contributed by atoms with van der Waals surface area (Å²) in [4.78, 5) is 11.7. The Balaban J connectivity index is 2.36. The lowest BCUT2D eigenvalue weighted by Gasteiger charge is -1.90. The molecule has 2 aromatic rings. The maximum absolute atomic E-state index is 11.7. The van der Waals surface area contributed by atoms with Crippen LogP contribution in [-0.2, 0) is 0 Å². The summed E-state index contributed by atoms with van der Waals surface area (Å²) in [5, 5.41) is 0.162. The maximum atomic E-state index is 11.7. The van der Waals surface area contributed by atoms with Crippen LogP contribution < -0.4 is 5.73 Å². The van der Waals surface area contributed by atoms with Crippen molar-refractivity contribution in [3.63, 3.8) is 0 Å². The van der Waals surface area contributed by atoms with E-state index in [1.165, 1.54) is 18.2 Å². The topological polar surface area (TPSA) is 69.4 Å². The van der Waals surface area contributed by atoms with Gasteiger partial charge in [-0.2, -0.15) is 0 Å². The van der Waals surface area contributed by atoms with Gasteiger partial charge in [0.25, 0.3) is 5.78 Å². The smallest absolute Gasteiger partial charge is 0.263 e. The molecule has 0 radical (unpaired) electrons. The van der Waals surface area contributed by atoms with E-state index >= 15 is 0 Å². The van der Waals surface area contributed by atoms with Gasteiger partial charge >= 0.3 is 0 Å². The van der Waals surface area contributed by atoms with E-state index in [1.54, 1.807) is 6.92 Å². The molecule has 0 atom stereocenters. The van der Waals surface area contributed by atoms with Crippen LogP contribution in [0.15, 0.2) is 27.0 Å². The predicted molar refractivity (Wildman–Crippen MR) is 55.0 cm³/mol. The van der Waals surface area contributed by atoms with Crippen LogP contribution in [0.3, 0.4) is 0 Å². The van der Waals surface area contributed by atoms with Gasteiger partial charge < -0.3 is 14.6 Å². The first-order chi connectivity index (χ1) is 7.08. The van der Waals surface area contributed by atoms with Crippen molar-refractivity contribution >= 4 is 23.1 Å². The normalized spacial score (nSPS) is 10.5. The van der Waals surface area contributed by atoms with Crippen molar-refractivity contribution in [2.75, 3.05) is 5.73 Å². The van der Waals surface area contributed by atoms with Crippen LogP contribution in [0, 0.1) is 6.92 Å². The first-order valence-corrected chi connectivity index (χ1v) is 4.61. The van der Waals surface area contributed by atoms with E-state index in [4.69, 9.17) is 26.2 Å². The number of anilines is 1. The molecule has 2 aromatic heterocycles. The van der Waals surface area contributed by atoms with Gasteiger partial charge in [0.05, 0.1) is 5.69 Å². The van der Waals surface area contributed by atoms with Crippen LogP contribution in [0.1, 0.15) is 22.1 Å². The summed E-state index contributed by atoms with van der Waals surface area (Å²) in [5.74, 6) is 0.419. The third-order valence-corrected chi connectivity index (χ3v) is 2.18. The fourth-order valence-electron chi connectivity index (χ4n) is 1.17. The minimum absolute atomic E-state index is 0.133. The molecule has 0 unspecified atom stereocenters. The zero-order valence-corrected chi connectivity index (χ0v) is 8.67. The number of furan rings is 2. The SMILES string of the molecule is Cc1oc(C(=O)c2ccc(Cl)o2)cc1N. The van der Waals surface area contributed by atoms with Gasteiger partial charge in [-0.15, -0.1) is 0 Å². The minimum atomic E-state index is -0.373. The fraction of sp³-hybridized carbons (Fsp3) is 0.100. The Labute approximate surface area is 90.6 Å². The third-order valence-electron chi connectivity index (χ3n) is 1.98. The highest BCUT2D eigenvalue weighted by Gasteiger charge is 2.18. The molecule has 2 N–H and O–H groups in total. The molecular weight excluding hydrogens is 218 g/mol. The fourth-order valence-corrected chi connectivity index (χ4v) is 1.31. The third kappa shape index (κ3) is 1.76. The number of hydrogen-bond donors (Lipinski definition) is 1. The zero-order valence-electron chi connectivity index (χ0n) is 7.91. The average Bonchev–Trinajstić information content (AvgIpc) is 2.74. The van der Waals surface area contributed by atoms with Crippen molar-refractivity contribution in [3.8, 4) is 0 Å². The highest BCUT2D eigenvalue weighted by atomic mass is 35.5. The quantitative estimate of drug-likeness (QED) is 0.798. The number of nitrogens with two attached hydrogens (primary N) is 1. The Hall–Kier alpha value is -1.68. The molecule has 0 aliphatic rings. The minimum Gasteiger partial charge on any atom is -0.456 e. The van der Waals surface area contributed by atoms with E-state index in [1.807, 2.05) is 0 Å². The molecule has 0 aliphatic carbocycles. The van der Waals surface area contributed by atoms with E-state index in [0.29, 0.717) is 11.4 Å². The molecule has 15 heavy (non-hydrogen) atoms. The highest BCUT2D eigenvalue weighted by Crippen LogP contribution is 2.21. The summed E-state index contributed by atoms with van der Waals surface area (Å²) in [6.07, 6.45) is 0. The molecule has 0 aliphatic heterocycles. The highest BCUT2D eigenvalue weighted by molar-refractivity contribution is 6.29. The molecule has 4 nitrogen and oxygen atoms in total. The first kappa shape index (κ1) is 9.86. The lowest BCUT2D eigenvalue weighted by atomic mass is 10.2. The van der Waals surface area contributed by atoms with Gasteiger partial charge in [0.1, 0.15) is 5.76 Å². The summed E-state index contributed by atoms with van der Waals surface area (Å²) in [6.45, 7) is 1.68. The molecule has 0 fully saturated rings. The van der Waals surface area contributed by atoms with Crippen LogP contribution in [0.25, 0.3) is 0 Å². The average molecular weight is 226 g/mol. The Morgan fingerprint density at radius 3 is 2.53 bits per heavy atom. The van der Waals surface area contributed by atoms with Crippen molar-refractivity contribution in [2.24, 2.45) is 0 Å². The van der Waals surface area contributed by atoms with Crippen LogP contribution >= 0.6 is 11.6 Å². The lowest BCUT2D eigenvalue weighted by molar-refractivity contribution is 0.0982. The largest absolute Gasteiger partial charge is 0.456 e. The van der Waals surface area contributed by atoms with Crippen LogP contribution in [0.2, 0.25) is 5.22 Å². The maximum Gasteiger partial charge on any atom is 0.263 e. The Bertz CT molecular complexity index is 493. The second-order valence-electron chi connectivity index (χ2n) is 3.06. The first-order valence-electron chi connectivity index (χ1n) is 4.24. The number of halogens is 1. The summed E-state index contributed by atoms with van der Waals surface area (Å²) in [7, 11) is 0. The van der Waals surface area contributed by atoms with Gasteiger partial charge in [0, 0.05) is 6.07 Å². The lowest BCUT2D eigenvalue weighted by Crippen LogP contribution is -1.96. The molecular formula is C10H8ClNO3. The number of carbonyl (C=O) groups is 1. The molecule has 0 saturated carbocycles. The number of aryl methyl sites for hydroxylation is 1. The number of rotatable bonds is 2. The van der Waals surface area contributed by atoms with E-state index in [-0.39, 0.29) is 22.5 Å². The molecule has 2 heterocycles. The van der Waals surface area contributed by atoms with Crippen molar-refractivity contribution in [2.45, 2.75) is 6.92 Å². The summed E-state index contributed by atoms with van der Waals surface area (Å²) >= 11 is 5.55. The summed E-state index contributed by atoms with van der Waals surface area (Å²) in [5.41, 5.74) is 6.00. The van der Waals surface area contributed by atoms with Gasteiger partial charge in [-0.3, -0.25) is 4.79 Å². The number of nitrogen functional groups attached to an aromatic ring is 1. The predicted octanol–water partition coefficient (Wildman–Crippen LogP) is 2.65. The molecule has 5 heteroatoms. The standard InChI is InChI=1S/C10H8ClNO3/c1-5-6(12)4-8(14-5)10(13)7-2-3-9(11)15-7/h2-4H,12H2,1H3. The monoisotopic (exact) mass is 225 g/mol. The van der Waals surface area contributed by atoms with E-state index in [0.717, 1.165) is 0 Å². The van der Waals surface area contributed by atoms with Gasteiger partial charge in [0.2, 0.25) is 0 Å². The molecule has 0 aromatic carbocycles. The molecule has 0 saturated heterocycles. The van der Waals surface area contributed by atoms with Crippen molar-refractivity contribution in [3.05, 3.63) is 40.7 Å². The molecule has 0 bridgehead atoms. The Morgan fingerprint density at radius 1 is 1.33 bits per heavy atom. The summed E-state index contributed by atoms with van der Waals surface area (Å²) < 4.78 is 10.1. The van der Waals surface area contributed by atoms with Crippen molar-refractivity contribution < 1.29 is 13.6 Å². The summed E-state index contributed by atoms with van der Waals surface area (Å²) in [6, 6.07) is 4.45. The zero-order chi connectivity index (χ0) is 11.0. The number of carbonyl (C=O) groups excluding carboxylic acids is 1. The van der Waals surface area contributed by atoms with Crippen molar-refractivity contribution in [1.82, 2.24) is 0 Å². The van der Waals surface area contributed by atoms with Gasteiger partial charge in [-0.05, 0) is 30.7 Å². The molecule has 2 rings (SSSR count). The number of ketones is 1. The Kier molecular flexibility index (Phi) is 2.28.